The first-order valence-corrected chi connectivity index (χ1v) is 8.62. The zero-order valence-electron chi connectivity index (χ0n) is 15.5. The third-order valence-electron chi connectivity index (χ3n) is 4.28. The lowest BCUT2D eigenvalue weighted by Gasteiger charge is -2.23. The highest BCUT2D eigenvalue weighted by Gasteiger charge is 2.23. The average molecular weight is 370 g/mol. The van der Waals surface area contributed by atoms with Crippen LogP contribution < -0.4 is 24.8 Å². The summed E-state index contributed by atoms with van der Waals surface area (Å²) in [7, 11) is 3.16. The van der Waals surface area contributed by atoms with Gasteiger partial charge in [0.15, 0.2) is 17.6 Å². The average Bonchev–Trinajstić information content (AvgIpc) is 2.67. The molecule has 3 rings (SSSR count). The van der Waals surface area contributed by atoms with Crippen LogP contribution in [-0.2, 0) is 16.0 Å². The number of carbonyl (C=O) groups excluding carboxylic acids is 2. The molecule has 0 radical (unpaired) electrons. The van der Waals surface area contributed by atoms with Crippen molar-refractivity contribution in [1.82, 2.24) is 0 Å². The largest absolute Gasteiger partial charge is 0.493 e. The number of anilines is 2. The molecule has 7 nitrogen and oxygen atoms in total. The van der Waals surface area contributed by atoms with Crippen molar-refractivity contribution >= 4 is 23.2 Å². The Morgan fingerprint density at radius 1 is 1.15 bits per heavy atom. The molecule has 27 heavy (non-hydrogen) atoms. The fourth-order valence-corrected chi connectivity index (χ4v) is 2.80. The third kappa shape index (κ3) is 4.31. The molecule has 2 aromatic rings. The van der Waals surface area contributed by atoms with Crippen LogP contribution in [0.2, 0.25) is 0 Å². The van der Waals surface area contributed by atoms with Crippen molar-refractivity contribution in [2.45, 2.75) is 25.9 Å². The number of methoxy groups -OCH3 is 2. The highest BCUT2D eigenvalue weighted by atomic mass is 16.5. The number of rotatable bonds is 6. The molecular weight excluding hydrogens is 348 g/mol. The Morgan fingerprint density at radius 2 is 1.93 bits per heavy atom. The van der Waals surface area contributed by atoms with E-state index in [2.05, 4.69) is 10.6 Å². The van der Waals surface area contributed by atoms with Gasteiger partial charge in [-0.15, -0.1) is 0 Å². The number of hydrogen-bond acceptors (Lipinski definition) is 5. The summed E-state index contributed by atoms with van der Waals surface area (Å²) in [5, 5.41) is 5.60. The van der Waals surface area contributed by atoms with Gasteiger partial charge in [-0.25, -0.2) is 0 Å². The van der Waals surface area contributed by atoms with Crippen LogP contribution in [0.4, 0.5) is 11.4 Å². The monoisotopic (exact) mass is 370 g/mol. The molecular formula is C20H22N2O5. The summed E-state index contributed by atoms with van der Waals surface area (Å²) in [6.07, 6.45) is 0.348. The summed E-state index contributed by atoms with van der Waals surface area (Å²) >= 11 is 0. The Morgan fingerprint density at radius 3 is 2.67 bits per heavy atom. The Balaban J connectivity index is 1.60. The molecule has 2 amide bonds. The van der Waals surface area contributed by atoms with Crippen molar-refractivity contribution in [2.24, 2.45) is 0 Å². The van der Waals surface area contributed by atoms with Crippen molar-refractivity contribution < 1.29 is 23.8 Å². The van der Waals surface area contributed by atoms with Crippen LogP contribution in [0.1, 0.15) is 18.9 Å². The highest BCUT2D eigenvalue weighted by Crippen LogP contribution is 2.32. The Hall–Kier alpha value is -3.22. The minimum absolute atomic E-state index is 0.124. The van der Waals surface area contributed by atoms with Gasteiger partial charge < -0.3 is 24.8 Å². The van der Waals surface area contributed by atoms with Gasteiger partial charge in [0.2, 0.25) is 5.91 Å². The summed E-state index contributed by atoms with van der Waals surface area (Å²) < 4.78 is 16.0. The van der Waals surface area contributed by atoms with Crippen molar-refractivity contribution in [1.29, 1.82) is 0 Å². The molecule has 2 N–H and O–H groups in total. The van der Waals surface area contributed by atoms with E-state index in [1.54, 1.807) is 39.3 Å². The van der Waals surface area contributed by atoms with Gasteiger partial charge in [0.05, 0.1) is 19.9 Å². The number of hydrogen-bond donors (Lipinski definition) is 2. The maximum absolute atomic E-state index is 12.3. The lowest BCUT2D eigenvalue weighted by atomic mass is 10.1. The number of benzene rings is 2. The SMILES string of the molecule is COc1ccc(CCC(=O)Nc2ccc3c(c2)NC(=O)[C@@H](C)O3)cc1OC. The van der Waals surface area contributed by atoms with Crippen LogP contribution in [0.3, 0.4) is 0 Å². The third-order valence-corrected chi connectivity index (χ3v) is 4.28. The standard InChI is InChI=1S/C20H22N2O5/c1-12-20(24)22-15-11-14(6-8-16(15)27-12)21-19(23)9-5-13-4-7-17(25-2)18(10-13)26-3/h4,6-8,10-12H,5,9H2,1-3H3,(H,21,23)(H,22,24)/t12-/m1/s1. The van der Waals surface area contributed by atoms with E-state index >= 15 is 0 Å². The van der Waals surface area contributed by atoms with E-state index in [0.29, 0.717) is 41.5 Å². The molecule has 0 saturated carbocycles. The fourth-order valence-electron chi connectivity index (χ4n) is 2.80. The molecule has 0 aliphatic carbocycles. The van der Waals surface area contributed by atoms with E-state index in [4.69, 9.17) is 14.2 Å². The first-order chi connectivity index (χ1) is 13.0. The molecule has 0 bridgehead atoms. The predicted molar refractivity (Wildman–Crippen MR) is 102 cm³/mol. The quantitative estimate of drug-likeness (QED) is 0.816. The van der Waals surface area contributed by atoms with Gasteiger partial charge in [0.25, 0.3) is 5.91 Å². The van der Waals surface area contributed by atoms with E-state index in [9.17, 15) is 9.59 Å². The second-order valence-corrected chi connectivity index (χ2v) is 6.20. The molecule has 0 spiro atoms. The number of fused-ring (bicyclic) bond motifs is 1. The van der Waals surface area contributed by atoms with Crippen LogP contribution in [0, 0.1) is 0 Å². The van der Waals surface area contributed by atoms with Gasteiger partial charge in [-0.05, 0) is 49.2 Å². The zero-order valence-corrected chi connectivity index (χ0v) is 15.5. The van der Waals surface area contributed by atoms with Crippen LogP contribution >= 0.6 is 0 Å². The Labute approximate surface area is 157 Å². The summed E-state index contributed by atoms with van der Waals surface area (Å²) in [6, 6.07) is 10.7. The number of nitrogens with one attached hydrogen (secondary N) is 2. The number of amides is 2. The van der Waals surface area contributed by atoms with E-state index in [-0.39, 0.29) is 11.8 Å². The predicted octanol–water partition coefficient (Wildman–Crippen LogP) is 2.99. The van der Waals surface area contributed by atoms with E-state index in [1.165, 1.54) is 0 Å². The number of carbonyl (C=O) groups is 2. The molecule has 0 unspecified atom stereocenters. The van der Waals surface area contributed by atoms with Gasteiger partial charge in [-0.3, -0.25) is 9.59 Å². The van der Waals surface area contributed by atoms with Crippen molar-refractivity contribution in [3.63, 3.8) is 0 Å². The lowest BCUT2D eigenvalue weighted by Crippen LogP contribution is -2.34. The van der Waals surface area contributed by atoms with E-state index < -0.39 is 6.10 Å². The first-order valence-electron chi connectivity index (χ1n) is 8.62. The van der Waals surface area contributed by atoms with Crippen LogP contribution in [-0.4, -0.2) is 32.1 Å². The van der Waals surface area contributed by atoms with E-state index in [1.807, 2.05) is 18.2 Å². The van der Waals surface area contributed by atoms with Gasteiger partial charge in [0, 0.05) is 12.1 Å². The second-order valence-electron chi connectivity index (χ2n) is 6.20. The molecule has 7 heteroatoms. The molecule has 2 aromatic carbocycles. The minimum Gasteiger partial charge on any atom is -0.493 e. The first kappa shape index (κ1) is 18.6. The molecule has 142 valence electrons. The van der Waals surface area contributed by atoms with Crippen LogP contribution in [0.5, 0.6) is 17.2 Å². The highest BCUT2D eigenvalue weighted by molar-refractivity contribution is 5.99. The molecule has 0 saturated heterocycles. The van der Waals surface area contributed by atoms with Gasteiger partial charge in [-0.1, -0.05) is 6.07 Å². The minimum atomic E-state index is -0.528. The van der Waals surface area contributed by atoms with Gasteiger partial charge in [0.1, 0.15) is 5.75 Å². The van der Waals surface area contributed by atoms with Crippen LogP contribution in [0.15, 0.2) is 36.4 Å². The van der Waals surface area contributed by atoms with Crippen molar-refractivity contribution in [3.8, 4) is 17.2 Å². The van der Waals surface area contributed by atoms with Gasteiger partial charge in [-0.2, -0.15) is 0 Å². The smallest absolute Gasteiger partial charge is 0.265 e. The van der Waals surface area contributed by atoms with Crippen molar-refractivity contribution in [2.75, 3.05) is 24.9 Å². The summed E-state index contributed by atoms with van der Waals surface area (Å²) in [5.74, 6) is 1.54. The molecule has 1 aliphatic rings. The van der Waals surface area contributed by atoms with Crippen molar-refractivity contribution in [3.05, 3.63) is 42.0 Å². The van der Waals surface area contributed by atoms with Crippen LogP contribution in [0.25, 0.3) is 0 Å². The fraction of sp³-hybridized carbons (Fsp3) is 0.300. The number of ether oxygens (including phenoxy) is 3. The normalized spacial score (nSPS) is 15.2. The maximum Gasteiger partial charge on any atom is 0.265 e. The molecule has 1 heterocycles. The molecule has 0 fully saturated rings. The Bertz CT molecular complexity index is 865. The van der Waals surface area contributed by atoms with Gasteiger partial charge >= 0.3 is 0 Å². The summed E-state index contributed by atoms with van der Waals surface area (Å²) in [6.45, 7) is 1.68. The maximum atomic E-state index is 12.3. The van der Waals surface area contributed by atoms with E-state index in [0.717, 1.165) is 5.56 Å². The summed E-state index contributed by atoms with van der Waals surface area (Å²) in [5.41, 5.74) is 2.13. The topological polar surface area (TPSA) is 85.9 Å². The number of aryl methyl sites for hydroxylation is 1. The summed E-state index contributed by atoms with van der Waals surface area (Å²) in [4.78, 5) is 24.0. The second kappa shape index (κ2) is 7.99. The zero-order chi connectivity index (χ0) is 19.4. The molecule has 1 aliphatic heterocycles. The molecule has 0 aromatic heterocycles. The Kier molecular flexibility index (Phi) is 5.49. The molecule has 1 atom stereocenters. The lowest BCUT2D eigenvalue weighted by molar-refractivity contribution is -0.122.